The van der Waals surface area contributed by atoms with Gasteiger partial charge < -0.3 is 0 Å². The molecule has 0 aromatic rings. The average Bonchev–Trinajstić information content (AvgIpc) is 1.72. The Balaban J connectivity index is 2.46. The highest BCUT2D eigenvalue weighted by molar-refractivity contribution is 5.07. The minimum absolute atomic E-state index is 1.23. The molecule has 0 saturated heterocycles. The normalized spacial score (nSPS) is 18.7. The van der Waals surface area contributed by atoms with Crippen molar-refractivity contribution in [1.82, 2.24) is 0 Å². The first-order valence-electron chi connectivity index (χ1n) is 2.32. The summed E-state index contributed by atoms with van der Waals surface area (Å²) in [5, 5.41) is 0. The van der Waals surface area contributed by atoms with Crippen molar-refractivity contribution < 1.29 is 0 Å². The molecule has 0 amide bonds. The summed E-state index contributed by atoms with van der Waals surface area (Å²) in [7, 11) is 0. The fourth-order valence-corrected chi connectivity index (χ4v) is 0.542. The van der Waals surface area contributed by atoms with Crippen molar-refractivity contribution in [3.63, 3.8) is 0 Å². The second-order valence-electron chi connectivity index (χ2n) is 1.43. The van der Waals surface area contributed by atoms with Crippen molar-refractivity contribution in [2.24, 2.45) is 0 Å². The van der Waals surface area contributed by atoms with E-state index in [4.69, 9.17) is 0 Å². The van der Waals surface area contributed by atoms with Gasteiger partial charge in [-0.1, -0.05) is 24.3 Å². The molecular weight excluding hydrogens is 74.1 g/mol. The molecule has 0 fully saturated rings. The van der Waals surface area contributed by atoms with Gasteiger partial charge in [-0.2, -0.15) is 0 Å². The van der Waals surface area contributed by atoms with Crippen LogP contribution in [0.4, 0.5) is 0 Å². The van der Waals surface area contributed by atoms with Gasteiger partial charge >= 0.3 is 0 Å². The van der Waals surface area contributed by atoms with E-state index in [1.54, 1.807) is 0 Å². The largest absolute Gasteiger partial charge is 0.0842 e. The molecule has 0 N–H and O–H groups in total. The molecule has 0 aliphatic heterocycles. The van der Waals surface area contributed by atoms with Gasteiger partial charge in [0.25, 0.3) is 0 Å². The second kappa shape index (κ2) is 1.81. The zero-order chi connectivity index (χ0) is 4.24. The van der Waals surface area contributed by atoms with E-state index in [1.165, 1.54) is 12.8 Å². The van der Waals surface area contributed by atoms with E-state index in [1.807, 2.05) is 0 Å². The Morgan fingerprint density at radius 1 is 1.33 bits per heavy atom. The molecule has 0 unspecified atom stereocenters. The molecule has 0 radical (unpaired) electrons. The summed E-state index contributed by atoms with van der Waals surface area (Å²) in [4.78, 5) is 0. The lowest BCUT2D eigenvalue weighted by Crippen LogP contribution is -1.67. The van der Waals surface area contributed by atoms with Crippen LogP contribution in [0.15, 0.2) is 24.3 Å². The van der Waals surface area contributed by atoms with E-state index in [9.17, 15) is 0 Å². The first kappa shape index (κ1) is 3.66. The molecule has 0 heteroatoms. The van der Waals surface area contributed by atoms with E-state index >= 15 is 0 Å². The summed E-state index contributed by atoms with van der Waals surface area (Å²) < 4.78 is 0. The van der Waals surface area contributed by atoms with E-state index in [0.29, 0.717) is 0 Å². The third-order valence-corrected chi connectivity index (χ3v) is 0.883. The number of hydrogen-bond acceptors (Lipinski definition) is 0. The maximum atomic E-state index is 2.18. The van der Waals surface area contributed by atoms with Gasteiger partial charge in [-0.3, -0.25) is 0 Å². The van der Waals surface area contributed by atoms with Crippen LogP contribution in [0.3, 0.4) is 0 Å². The van der Waals surface area contributed by atoms with Crippen LogP contribution in [0.25, 0.3) is 0 Å². The minimum Gasteiger partial charge on any atom is -0.0842 e. The smallest absolute Gasteiger partial charge is 0.0313 e. The van der Waals surface area contributed by atoms with Crippen molar-refractivity contribution >= 4 is 0 Å². The lowest BCUT2D eigenvalue weighted by Gasteiger charge is -1.88. The van der Waals surface area contributed by atoms with Crippen LogP contribution >= 0.6 is 0 Å². The van der Waals surface area contributed by atoms with Crippen molar-refractivity contribution in [2.45, 2.75) is 12.8 Å². The van der Waals surface area contributed by atoms with Gasteiger partial charge in [-0.15, -0.1) is 0 Å². The molecule has 6 heavy (non-hydrogen) atoms. The molecule has 0 heterocycles. The predicted octanol–water partition coefficient (Wildman–Crippen LogP) is 1.89. The zero-order valence-corrected chi connectivity index (χ0v) is 3.72. The minimum atomic E-state index is 1.23. The van der Waals surface area contributed by atoms with Crippen LogP contribution < -0.4 is 0 Å². The molecule has 0 atom stereocenters. The van der Waals surface area contributed by atoms with Crippen LogP contribution in [0.5, 0.6) is 0 Å². The van der Waals surface area contributed by atoms with Gasteiger partial charge in [0, 0.05) is 0 Å². The number of allylic oxidation sites excluding steroid dienone is 4. The molecule has 1 aliphatic rings. The molecule has 32 valence electrons. The third kappa shape index (κ3) is 0.713. The molecule has 1 rings (SSSR count). The molecule has 0 bridgehead atoms. The third-order valence-electron chi connectivity index (χ3n) is 0.883. The van der Waals surface area contributed by atoms with Gasteiger partial charge in [0.1, 0.15) is 0 Å². The Morgan fingerprint density at radius 3 is 2.50 bits per heavy atom. The van der Waals surface area contributed by atoms with Gasteiger partial charge in [0.2, 0.25) is 0 Å². The Hall–Kier alpha value is -0.520. The highest BCUT2D eigenvalue weighted by Gasteiger charge is 1.77. The molecule has 0 saturated carbocycles. The van der Waals surface area contributed by atoms with Crippen molar-refractivity contribution in [2.75, 3.05) is 0 Å². The summed E-state index contributed by atoms with van der Waals surface area (Å²) >= 11 is 0. The summed E-state index contributed by atoms with van der Waals surface area (Å²) in [5.74, 6) is 0. The van der Waals surface area contributed by atoms with Gasteiger partial charge in [-0.05, 0) is 12.8 Å². The van der Waals surface area contributed by atoms with Crippen molar-refractivity contribution in [1.29, 1.82) is 0 Å². The zero-order valence-electron chi connectivity index (χ0n) is 3.72. The Bertz CT molecular complexity index is 66.0. The fourth-order valence-electron chi connectivity index (χ4n) is 0.542. The van der Waals surface area contributed by atoms with Crippen LogP contribution in [-0.2, 0) is 0 Å². The fraction of sp³-hybridized carbons (Fsp3) is 0.333. The van der Waals surface area contributed by atoms with Crippen LogP contribution in [0, 0.1) is 0 Å². The van der Waals surface area contributed by atoms with Crippen LogP contribution in [0.2, 0.25) is 0 Å². The topological polar surface area (TPSA) is 0 Å². The highest BCUT2D eigenvalue weighted by atomic mass is 14.8. The van der Waals surface area contributed by atoms with Crippen LogP contribution in [-0.4, -0.2) is 0 Å². The van der Waals surface area contributed by atoms with E-state index < -0.39 is 0 Å². The summed E-state index contributed by atoms with van der Waals surface area (Å²) in [6.07, 6.45) is 11.0. The summed E-state index contributed by atoms with van der Waals surface area (Å²) in [6, 6.07) is 0. The molecule has 0 nitrogen and oxygen atoms in total. The molecule has 1 aliphatic carbocycles. The molecule has 0 aromatic heterocycles. The lowest BCUT2D eigenvalue weighted by molar-refractivity contribution is 1.04. The van der Waals surface area contributed by atoms with Gasteiger partial charge in [-0.25, -0.2) is 0 Å². The average molecular weight is 82.1 g/mol. The van der Waals surface area contributed by atoms with Crippen molar-refractivity contribution in [3.8, 4) is 0 Å². The monoisotopic (exact) mass is 82.1 g/mol. The maximum Gasteiger partial charge on any atom is -0.0313 e. The Labute approximate surface area is 38.2 Å². The Morgan fingerprint density at radius 2 is 2.33 bits per heavy atom. The van der Waals surface area contributed by atoms with E-state index in [2.05, 4.69) is 24.3 Å². The lowest BCUT2D eigenvalue weighted by atomic mass is 10.4. The van der Waals surface area contributed by atoms with Crippen LogP contribution in [0.1, 0.15) is 12.8 Å². The quantitative estimate of drug-likeness (QED) is 0.418. The SMILES string of the molecule is C1=CC[14CH2]C=C1. The summed E-state index contributed by atoms with van der Waals surface area (Å²) in [5.41, 5.74) is 0. The van der Waals surface area contributed by atoms with Gasteiger partial charge in [0.15, 0.2) is 0 Å². The second-order valence-corrected chi connectivity index (χ2v) is 1.43. The highest BCUT2D eigenvalue weighted by Crippen LogP contribution is 1.98. The molecular formula is C6H8. The number of rotatable bonds is 0. The summed E-state index contributed by atoms with van der Waals surface area (Å²) in [6.45, 7) is 0. The predicted molar refractivity (Wildman–Crippen MR) is 27.5 cm³/mol. The maximum absolute atomic E-state index is 2.18. The number of hydrogen-bond donors (Lipinski definition) is 0. The standard InChI is InChI=1S/C6H8/c1-2-4-6-5-3-1/h1-4H,5-6H2/i5+2. The Kier molecular flexibility index (Phi) is 1.10. The first-order chi connectivity index (χ1) is 3.00. The van der Waals surface area contributed by atoms with E-state index in [-0.39, 0.29) is 0 Å². The molecule has 0 aromatic carbocycles. The first-order valence-corrected chi connectivity index (χ1v) is 2.32. The van der Waals surface area contributed by atoms with E-state index in [0.717, 1.165) is 0 Å². The van der Waals surface area contributed by atoms with Crippen molar-refractivity contribution in [3.05, 3.63) is 24.3 Å². The van der Waals surface area contributed by atoms with Gasteiger partial charge in [0.05, 0.1) is 0 Å². The molecule has 0 spiro atoms.